The van der Waals surface area contributed by atoms with Crippen LogP contribution >= 0.6 is 15.9 Å². The van der Waals surface area contributed by atoms with Crippen LogP contribution in [0, 0.1) is 0 Å². The summed E-state index contributed by atoms with van der Waals surface area (Å²) in [5, 5.41) is 0. The van der Waals surface area contributed by atoms with Gasteiger partial charge in [-0.3, -0.25) is 0 Å². The van der Waals surface area contributed by atoms with Gasteiger partial charge in [0.2, 0.25) is 0 Å². The maximum absolute atomic E-state index is 5.71. The Morgan fingerprint density at radius 2 is 2.21 bits per heavy atom. The van der Waals surface area contributed by atoms with Gasteiger partial charge in [-0.2, -0.15) is 0 Å². The average molecular weight is 256 g/mol. The first-order valence-corrected chi connectivity index (χ1v) is 5.74. The van der Waals surface area contributed by atoms with Gasteiger partial charge in [-0.25, -0.2) is 0 Å². The molecule has 76 valence electrons. The second-order valence-electron chi connectivity index (χ2n) is 3.62. The Morgan fingerprint density at radius 3 is 2.79 bits per heavy atom. The van der Waals surface area contributed by atoms with Crippen molar-refractivity contribution in [1.29, 1.82) is 0 Å². The van der Waals surface area contributed by atoms with E-state index in [-0.39, 0.29) is 0 Å². The van der Waals surface area contributed by atoms with Gasteiger partial charge >= 0.3 is 0 Å². The fourth-order valence-electron chi connectivity index (χ4n) is 1.33. The van der Waals surface area contributed by atoms with E-state index >= 15 is 0 Å². The number of halogens is 1. The van der Waals surface area contributed by atoms with E-state index in [0.29, 0.717) is 12.6 Å². The number of hydrogen-bond donors (Lipinski definition) is 1. The van der Waals surface area contributed by atoms with Crippen LogP contribution in [-0.4, -0.2) is 12.6 Å². The molecule has 0 heterocycles. The van der Waals surface area contributed by atoms with Gasteiger partial charge in [0.15, 0.2) is 0 Å². The van der Waals surface area contributed by atoms with Crippen LogP contribution in [0.2, 0.25) is 0 Å². The Labute approximate surface area is 92.6 Å². The molecule has 2 rings (SSSR count). The third kappa shape index (κ3) is 2.49. The third-order valence-corrected chi connectivity index (χ3v) is 2.87. The summed E-state index contributed by atoms with van der Waals surface area (Å²) >= 11 is 3.51. The van der Waals surface area contributed by atoms with E-state index in [1.165, 1.54) is 18.4 Å². The van der Waals surface area contributed by atoms with Gasteiger partial charge in [0, 0.05) is 0 Å². The SMILES string of the molecule is NCCc1ccc(OC2CC2)c(Br)c1. The largest absolute Gasteiger partial charge is 0.489 e. The number of nitrogens with two attached hydrogens (primary N) is 1. The molecule has 0 amide bonds. The molecule has 0 aliphatic heterocycles. The smallest absolute Gasteiger partial charge is 0.133 e. The molecule has 0 spiro atoms. The van der Waals surface area contributed by atoms with Crippen molar-refractivity contribution in [2.75, 3.05) is 6.54 Å². The predicted octanol–water partition coefficient (Wildman–Crippen LogP) is 2.49. The van der Waals surface area contributed by atoms with Crippen molar-refractivity contribution in [2.24, 2.45) is 5.73 Å². The fraction of sp³-hybridized carbons (Fsp3) is 0.455. The maximum atomic E-state index is 5.71. The minimum absolute atomic E-state index is 0.451. The molecule has 3 heteroatoms. The molecule has 1 saturated carbocycles. The van der Waals surface area contributed by atoms with Crippen LogP contribution in [0.15, 0.2) is 22.7 Å². The zero-order valence-corrected chi connectivity index (χ0v) is 9.59. The molecular formula is C11H14BrNO. The molecule has 14 heavy (non-hydrogen) atoms. The number of benzene rings is 1. The molecule has 1 aliphatic carbocycles. The lowest BCUT2D eigenvalue weighted by Crippen LogP contribution is -2.03. The van der Waals surface area contributed by atoms with Crippen molar-refractivity contribution in [1.82, 2.24) is 0 Å². The summed E-state index contributed by atoms with van der Waals surface area (Å²) in [6.07, 6.45) is 3.75. The van der Waals surface area contributed by atoms with Gasteiger partial charge in [-0.1, -0.05) is 6.07 Å². The van der Waals surface area contributed by atoms with Crippen molar-refractivity contribution >= 4 is 15.9 Å². The normalized spacial score (nSPS) is 15.6. The summed E-state index contributed by atoms with van der Waals surface area (Å²) in [5.41, 5.74) is 6.75. The Balaban J connectivity index is 2.09. The minimum Gasteiger partial charge on any atom is -0.489 e. The topological polar surface area (TPSA) is 35.2 Å². The number of ether oxygens (including phenoxy) is 1. The summed E-state index contributed by atoms with van der Waals surface area (Å²) in [4.78, 5) is 0. The molecule has 2 N–H and O–H groups in total. The van der Waals surface area contributed by atoms with Crippen molar-refractivity contribution in [3.63, 3.8) is 0 Å². The van der Waals surface area contributed by atoms with E-state index in [1.54, 1.807) is 0 Å². The lowest BCUT2D eigenvalue weighted by Gasteiger charge is -2.08. The Kier molecular flexibility index (Phi) is 3.08. The van der Waals surface area contributed by atoms with Crippen molar-refractivity contribution < 1.29 is 4.74 Å². The summed E-state index contributed by atoms with van der Waals surface area (Å²) in [7, 11) is 0. The third-order valence-electron chi connectivity index (χ3n) is 2.25. The zero-order chi connectivity index (χ0) is 9.97. The fourth-order valence-corrected chi connectivity index (χ4v) is 1.85. The van der Waals surface area contributed by atoms with Crippen LogP contribution in [0.5, 0.6) is 5.75 Å². The monoisotopic (exact) mass is 255 g/mol. The van der Waals surface area contributed by atoms with Crippen LogP contribution in [0.25, 0.3) is 0 Å². The van der Waals surface area contributed by atoms with E-state index in [9.17, 15) is 0 Å². The average Bonchev–Trinajstić information content (AvgIpc) is 2.94. The molecule has 1 aromatic carbocycles. The molecule has 0 atom stereocenters. The summed E-state index contributed by atoms with van der Waals surface area (Å²) in [5.74, 6) is 0.952. The van der Waals surface area contributed by atoms with Gasteiger partial charge in [0.1, 0.15) is 5.75 Å². The van der Waals surface area contributed by atoms with E-state index in [1.807, 2.05) is 6.07 Å². The zero-order valence-electron chi connectivity index (χ0n) is 8.00. The highest BCUT2D eigenvalue weighted by atomic mass is 79.9. The van der Waals surface area contributed by atoms with Crippen LogP contribution in [0.4, 0.5) is 0 Å². The van der Waals surface area contributed by atoms with Crippen molar-refractivity contribution in [3.8, 4) is 5.75 Å². The van der Waals surface area contributed by atoms with E-state index in [4.69, 9.17) is 10.5 Å². The van der Waals surface area contributed by atoms with Gasteiger partial charge in [-0.05, 0) is 59.4 Å². The Hall–Kier alpha value is -0.540. The first kappa shape index (κ1) is 9.99. The second kappa shape index (κ2) is 4.32. The molecule has 0 unspecified atom stereocenters. The maximum Gasteiger partial charge on any atom is 0.133 e. The number of hydrogen-bond acceptors (Lipinski definition) is 2. The first-order valence-electron chi connectivity index (χ1n) is 4.95. The molecule has 0 saturated heterocycles. The van der Waals surface area contributed by atoms with Gasteiger partial charge < -0.3 is 10.5 Å². The molecule has 0 bridgehead atoms. The van der Waals surface area contributed by atoms with Crippen LogP contribution in [-0.2, 0) is 6.42 Å². The highest BCUT2D eigenvalue weighted by Crippen LogP contribution is 2.32. The van der Waals surface area contributed by atoms with E-state index in [2.05, 4.69) is 28.1 Å². The van der Waals surface area contributed by atoms with E-state index < -0.39 is 0 Å². The molecule has 1 aliphatic rings. The highest BCUT2D eigenvalue weighted by Gasteiger charge is 2.24. The predicted molar refractivity (Wildman–Crippen MR) is 60.6 cm³/mol. The number of rotatable bonds is 4. The molecular weight excluding hydrogens is 242 g/mol. The van der Waals surface area contributed by atoms with Gasteiger partial charge in [0.05, 0.1) is 10.6 Å². The molecule has 2 nitrogen and oxygen atoms in total. The summed E-state index contributed by atoms with van der Waals surface area (Å²) < 4.78 is 6.75. The van der Waals surface area contributed by atoms with Crippen LogP contribution in [0.3, 0.4) is 0 Å². The summed E-state index contributed by atoms with van der Waals surface area (Å²) in [6.45, 7) is 0.690. The highest BCUT2D eigenvalue weighted by molar-refractivity contribution is 9.10. The van der Waals surface area contributed by atoms with E-state index in [0.717, 1.165) is 16.6 Å². The molecule has 1 fully saturated rings. The van der Waals surface area contributed by atoms with Gasteiger partial charge in [-0.15, -0.1) is 0 Å². The van der Waals surface area contributed by atoms with Crippen molar-refractivity contribution in [2.45, 2.75) is 25.4 Å². The van der Waals surface area contributed by atoms with Gasteiger partial charge in [0.25, 0.3) is 0 Å². The molecule has 1 aromatic rings. The second-order valence-corrected chi connectivity index (χ2v) is 4.47. The Bertz CT molecular complexity index is 323. The van der Waals surface area contributed by atoms with Crippen molar-refractivity contribution in [3.05, 3.63) is 28.2 Å². The van der Waals surface area contributed by atoms with Crippen LogP contribution in [0.1, 0.15) is 18.4 Å². The van der Waals surface area contributed by atoms with Crippen LogP contribution < -0.4 is 10.5 Å². The summed E-state index contributed by atoms with van der Waals surface area (Å²) in [6, 6.07) is 6.19. The lowest BCUT2D eigenvalue weighted by molar-refractivity contribution is 0.301. The molecule has 0 radical (unpaired) electrons. The minimum atomic E-state index is 0.451. The first-order chi connectivity index (χ1) is 6.79. The Morgan fingerprint density at radius 1 is 1.43 bits per heavy atom. The molecule has 0 aromatic heterocycles. The standard InChI is InChI=1S/C11H14BrNO/c12-10-7-8(5-6-13)1-4-11(10)14-9-2-3-9/h1,4,7,9H,2-3,5-6,13H2. The quantitative estimate of drug-likeness (QED) is 0.898. The lowest BCUT2D eigenvalue weighted by atomic mass is 10.1.